The molecular formula is C22H26N2O7S. The molecule has 0 radical (unpaired) electrons. The number of nitrogens with one attached hydrogen (secondary N) is 2. The van der Waals surface area contributed by atoms with Crippen LogP contribution < -0.4 is 29.0 Å². The molecule has 0 aromatic heterocycles. The van der Waals surface area contributed by atoms with Crippen LogP contribution in [-0.4, -0.2) is 40.9 Å². The van der Waals surface area contributed by atoms with Crippen molar-refractivity contribution in [3.63, 3.8) is 0 Å². The van der Waals surface area contributed by atoms with Gasteiger partial charge < -0.3 is 24.3 Å². The molecule has 1 aliphatic heterocycles. The highest BCUT2D eigenvalue weighted by Gasteiger charge is 2.44. The van der Waals surface area contributed by atoms with E-state index >= 15 is 0 Å². The minimum absolute atomic E-state index is 0.0205. The van der Waals surface area contributed by atoms with Crippen LogP contribution >= 0.6 is 0 Å². The SMILES string of the molecule is COc1ccc(S(=O)(=O)NCCC(=O)Nc2ccc3c(c2)OC2(CCCC2)O3)cc1OC. The lowest BCUT2D eigenvalue weighted by Gasteiger charge is -2.21. The molecule has 2 N–H and O–H groups in total. The van der Waals surface area contributed by atoms with Gasteiger partial charge in [0.25, 0.3) is 5.79 Å². The molecule has 2 aromatic rings. The van der Waals surface area contributed by atoms with Gasteiger partial charge in [-0.25, -0.2) is 13.1 Å². The van der Waals surface area contributed by atoms with E-state index in [1.807, 2.05) is 0 Å². The monoisotopic (exact) mass is 462 g/mol. The highest BCUT2D eigenvalue weighted by molar-refractivity contribution is 7.89. The number of ether oxygens (including phenoxy) is 4. The lowest BCUT2D eigenvalue weighted by molar-refractivity contribution is -0.116. The van der Waals surface area contributed by atoms with Gasteiger partial charge in [0, 0.05) is 43.6 Å². The van der Waals surface area contributed by atoms with Gasteiger partial charge in [0.1, 0.15) is 0 Å². The number of rotatable bonds is 8. The van der Waals surface area contributed by atoms with Gasteiger partial charge in [-0.2, -0.15) is 0 Å². The molecule has 32 heavy (non-hydrogen) atoms. The lowest BCUT2D eigenvalue weighted by Crippen LogP contribution is -2.34. The third kappa shape index (κ3) is 4.61. The zero-order chi connectivity index (χ0) is 22.8. The molecule has 1 fully saturated rings. The van der Waals surface area contributed by atoms with Crippen LogP contribution in [0.25, 0.3) is 0 Å². The van der Waals surface area contributed by atoms with E-state index in [0.717, 1.165) is 25.7 Å². The highest BCUT2D eigenvalue weighted by Crippen LogP contribution is 2.47. The van der Waals surface area contributed by atoms with Gasteiger partial charge >= 0.3 is 0 Å². The first-order valence-corrected chi connectivity index (χ1v) is 11.9. The van der Waals surface area contributed by atoms with Crippen LogP contribution in [0.3, 0.4) is 0 Å². The van der Waals surface area contributed by atoms with Gasteiger partial charge in [0.2, 0.25) is 15.9 Å². The Balaban J connectivity index is 1.31. The Hall–Kier alpha value is -2.98. The van der Waals surface area contributed by atoms with E-state index in [1.54, 1.807) is 18.2 Å². The molecular weight excluding hydrogens is 436 g/mol. The summed E-state index contributed by atoms with van der Waals surface area (Å²) in [5, 5.41) is 2.76. The van der Waals surface area contributed by atoms with Crippen molar-refractivity contribution in [3.8, 4) is 23.0 Å². The number of methoxy groups -OCH3 is 2. The third-order valence-corrected chi connectivity index (χ3v) is 6.95. The molecule has 0 saturated heterocycles. The van der Waals surface area contributed by atoms with Crippen LogP contribution in [0.2, 0.25) is 0 Å². The Kier molecular flexibility index (Phi) is 6.16. The van der Waals surface area contributed by atoms with Crippen LogP contribution in [0.5, 0.6) is 23.0 Å². The number of carbonyl (C=O) groups is 1. The smallest absolute Gasteiger partial charge is 0.251 e. The van der Waals surface area contributed by atoms with Crippen molar-refractivity contribution < 1.29 is 32.2 Å². The second-order valence-electron chi connectivity index (χ2n) is 7.70. The second kappa shape index (κ2) is 8.87. The first-order valence-electron chi connectivity index (χ1n) is 10.4. The summed E-state index contributed by atoms with van der Waals surface area (Å²) in [5.74, 6) is 1.12. The summed E-state index contributed by atoms with van der Waals surface area (Å²) in [6.07, 6.45) is 3.80. The third-order valence-electron chi connectivity index (χ3n) is 5.49. The summed E-state index contributed by atoms with van der Waals surface area (Å²) in [4.78, 5) is 12.3. The number of benzene rings is 2. The Morgan fingerprint density at radius 1 is 1.00 bits per heavy atom. The van der Waals surface area contributed by atoms with Crippen molar-refractivity contribution in [3.05, 3.63) is 36.4 Å². The van der Waals surface area contributed by atoms with Gasteiger partial charge in [-0.05, 0) is 37.1 Å². The van der Waals surface area contributed by atoms with E-state index in [-0.39, 0.29) is 23.8 Å². The quantitative estimate of drug-likeness (QED) is 0.620. The Morgan fingerprint density at radius 2 is 1.72 bits per heavy atom. The largest absolute Gasteiger partial charge is 0.493 e. The Bertz CT molecular complexity index is 1110. The van der Waals surface area contributed by atoms with Gasteiger partial charge in [0.15, 0.2) is 23.0 Å². The van der Waals surface area contributed by atoms with Crippen molar-refractivity contribution in [2.24, 2.45) is 0 Å². The second-order valence-corrected chi connectivity index (χ2v) is 9.46. The van der Waals surface area contributed by atoms with Crippen LogP contribution in [0.1, 0.15) is 32.1 Å². The fourth-order valence-corrected chi connectivity index (χ4v) is 4.93. The minimum Gasteiger partial charge on any atom is -0.493 e. The molecule has 1 heterocycles. The van der Waals surface area contributed by atoms with E-state index in [9.17, 15) is 13.2 Å². The maximum Gasteiger partial charge on any atom is 0.251 e. The van der Waals surface area contributed by atoms with Crippen LogP contribution in [0.15, 0.2) is 41.3 Å². The fraction of sp³-hybridized carbons (Fsp3) is 0.409. The Labute approximate surface area is 187 Å². The van der Waals surface area contributed by atoms with Gasteiger partial charge in [0.05, 0.1) is 19.1 Å². The summed E-state index contributed by atoms with van der Waals surface area (Å²) in [6.45, 7) is -0.0594. The molecule has 1 saturated carbocycles. The molecule has 9 nitrogen and oxygen atoms in total. The standard InChI is InChI=1S/C22H26N2O7S/c1-28-17-8-6-16(14-19(17)29-2)32(26,27)23-12-9-21(25)24-15-5-7-18-20(13-15)31-22(30-18)10-3-4-11-22/h5-8,13-14,23H,3-4,9-12H2,1-2H3,(H,24,25). The lowest BCUT2D eigenvalue weighted by atomic mass is 10.2. The molecule has 1 amide bonds. The predicted molar refractivity (Wildman–Crippen MR) is 117 cm³/mol. The van der Waals surface area contributed by atoms with E-state index in [2.05, 4.69) is 10.0 Å². The number of fused-ring (bicyclic) bond motifs is 1. The predicted octanol–water partition coefficient (Wildman–Crippen LogP) is 3.05. The molecule has 0 unspecified atom stereocenters. The number of anilines is 1. The molecule has 4 rings (SSSR count). The van der Waals surface area contributed by atoms with Crippen LogP contribution in [-0.2, 0) is 14.8 Å². The topological polar surface area (TPSA) is 112 Å². The van der Waals surface area contributed by atoms with E-state index in [4.69, 9.17) is 18.9 Å². The normalized spacial score (nSPS) is 16.2. The highest BCUT2D eigenvalue weighted by atomic mass is 32.2. The van der Waals surface area contributed by atoms with Crippen molar-refractivity contribution in [2.75, 3.05) is 26.1 Å². The van der Waals surface area contributed by atoms with Gasteiger partial charge in [-0.1, -0.05) is 0 Å². The first kappa shape index (κ1) is 22.2. The summed E-state index contributed by atoms with van der Waals surface area (Å²) in [6, 6.07) is 9.53. The molecule has 0 atom stereocenters. The van der Waals surface area contributed by atoms with Crippen molar-refractivity contribution >= 4 is 21.6 Å². The molecule has 0 bridgehead atoms. The molecule has 1 aliphatic carbocycles. The number of hydrogen-bond donors (Lipinski definition) is 2. The maximum absolute atomic E-state index is 12.5. The number of hydrogen-bond acceptors (Lipinski definition) is 7. The van der Waals surface area contributed by atoms with Gasteiger partial charge in [-0.3, -0.25) is 4.79 Å². The molecule has 1 spiro atoms. The zero-order valence-corrected chi connectivity index (χ0v) is 18.8. The average molecular weight is 463 g/mol. The zero-order valence-electron chi connectivity index (χ0n) is 18.0. The number of carbonyl (C=O) groups excluding carboxylic acids is 1. The van der Waals surface area contributed by atoms with E-state index < -0.39 is 15.8 Å². The van der Waals surface area contributed by atoms with Crippen molar-refractivity contribution in [2.45, 2.75) is 42.8 Å². The number of amides is 1. The molecule has 2 aliphatic rings. The molecule has 172 valence electrons. The summed E-state index contributed by atoms with van der Waals surface area (Å²) in [7, 11) is -0.915. The maximum atomic E-state index is 12.5. The minimum atomic E-state index is -3.81. The molecule has 2 aromatic carbocycles. The van der Waals surface area contributed by atoms with E-state index in [0.29, 0.717) is 28.7 Å². The van der Waals surface area contributed by atoms with Crippen LogP contribution in [0.4, 0.5) is 5.69 Å². The summed E-state index contributed by atoms with van der Waals surface area (Å²) >= 11 is 0. The van der Waals surface area contributed by atoms with Crippen molar-refractivity contribution in [1.29, 1.82) is 0 Å². The Morgan fingerprint density at radius 3 is 2.44 bits per heavy atom. The fourth-order valence-electron chi connectivity index (χ4n) is 3.88. The summed E-state index contributed by atoms with van der Waals surface area (Å²) in [5.41, 5.74) is 0.565. The van der Waals surface area contributed by atoms with E-state index in [1.165, 1.54) is 32.4 Å². The first-order chi connectivity index (χ1) is 15.3. The molecule has 10 heteroatoms. The number of sulfonamides is 1. The van der Waals surface area contributed by atoms with Gasteiger partial charge in [-0.15, -0.1) is 0 Å². The van der Waals surface area contributed by atoms with Crippen LogP contribution in [0, 0.1) is 0 Å². The summed E-state index contributed by atoms with van der Waals surface area (Å²) < 4.78 is 49.7. The average Bonchev–Trinajstić information content (AvgIpc) is 3.38. The van der Waals surface area contributed by atoms with Crippen molar-refractivity contribution in [1.82, 2.24) is 4.72 Å².